The van der Waals surface area contributed by atoms with Gasteiger partial charge in [-0.25, -0.2) is 8.42 Å². The van der Waals surface area contributed by atoms with Crippen LogP contribution in [0.3, 0.4) is 0 Å². The number of amidine groups is 1. The molecule has 0 radical (unpaired) electrons. The van der Waals surface area contributed by atoms with E-state index in [9.17, 15) is 8.42 Å². The second-order valence-electron chi connectivity index (χ2n) is 3.70. The molecule has 0 heterocycles. The monoisotopic (exact) mass is 269 g/mol. The summed E-state index contributed by atoms with van der Waals surface area (Å²) >= 11 is 0. The summed E-state index contributed by atoms with van der Waals surface area (Å²) in [5, 5.41) is 2.86. The molecular weight excluding hydrogens is 250 g/mol. The molecule has 0 aliphatic carbocycles. The first kappa shape index (κ1) is 16.3. The van der Waals surface area contributed by atoms with Crippen LogP contribution >= 0.6 is 0 Å². The lowest BCUT2D eigenvalue weighted by Gasteiger charge is -2.05. The highest BCUT2D eigenvalue weighted by Gasteiger charge is 1.99. The number of nitrogens with zero attached hydrogens (tertiary/aromatic N) is 2. The SMILES string of the molecule is C=C(/C=C\C=NC)/C=C(/C)N/C(C)=N\S(C)(=O)=O. The van der Waals surface area contributed by atoms with Gasteiger partial charge in [0.15, 0.2) is 0 Å². The predicted octanol–water partition coefficient (Wildman–Crippen LogP) is 1.67. The lowest BCUT2D eigenvalue weighted by molar-refractivity contribution is 0.603. The summed E-state index contributed by atoms with van der Waals surface area (Å²) in [6, 6.07) is 0. The zero-order valence-corrected chi connectivity index (χ0v) is 12.0. The number of rotatable bonds is 5. The summed E-state index contributed by atoms with van der Waals surface area (Å²) in [7, 11) is -1.69. The minimum Gasteiger partial charge on any atom is -0.347 e. The maximum Gasteiger partial charge on any atom is 0.251 e. The molecule has 0 bridgehead atoms. The lowest BCUT2D eigenvalue weighted by atomic mass is 10.2. The molecule has 0 unspecified atom stereocenters. The second kappa shape index (κ2) is 7.60. The topological polar surface area (TPSA) is 70.9 Å². The van der Waals surface area contributed by atoms with Crippen molar-refractivity contribution in [2.75, 3.05) is 13.3 Å². The van der Waals surface area contributed by atoms with Gasteiger partial charge in [-0.05, 0) is 31.6 Å². The second-order valence-corrected chi connectivity index (χ2v) is 5.35. The molecule has 0 saturated carbocycles. The average molecular weight is 269 g/mol. The van der Waals surface area contributed by atoms with Gasteiger partial charge in [-0.15, -0.1) is 0 Å². The molecule has 0 aromatic heterocycles. The molecule has 0 aliphatic heterocycles. The first-order valence-corrected chi connectivity index (χ1v) is 7.09. The number of hydrogen-bond donors (Lipinski definition) is 1. The molecular formula is C12H19N3O2S. The number of sulfonamides is 1. The van der Waals surface area contributed by atoms with Gasteiger partial charge in [0.2, 0.25) is 0 Å². The minimum atomic E-state index is -3.37. The maximum atomic E-state index is 10.9. The van der Waals surface area contributed by atoms with Gasteiger partial charge in [0, 0.05) is 19.0 Å². The van der Waals surface area contributed by atoms with Crippen LogP contribution in [0.15, 0.2) is 45.5 Å². The van der Waals surface area contributed by atoms with Gasteiger partial charge < -0.3 is 5.32 Å². The zero-order valence-electron chi connectivity index (χ0n) is 11.1. The summed E-state index contributed by atoms with van der Waals surface area (Å²) in [5.41, 5.74) is 1.52. The van der Waals surface area contributed by atoms with Crippen molar-refractivity contribution >= 4 is 22.1 Å². The third-order valence-corrected chi connectivity index (χ3v) is 2.23. The first-order chi connectivity index (χ1) is 8.24. The van der Waals surface area contributed by atoms with Gasteiger partial charge in [0.05, 0.1) is 6.26 Å². The Kier molecular flexibility index (Phi) is 6.89. The van der Waals surface area contributed by atoms with E-state index < -0.39 is 10.0 Å². The maximum absolute atomic E-state index is 10.9. The van der Waals surface area contributed by atoms with Crippen molar-refractivity contribution < 1.29 is 8.42 Å². The molecule has 0 fully saturated rings. The van der Waals surface area contributed by atoms with Crippen molar-refractivity contribution in [3.8, 4) is 0 Å². The van der Waals surface area contributed by atoms with Crippen molar-refractivity contribution in [1.82, 2.24) is 5.32 Å². The molecule has 0 aromatic rings. The molecule has 5 nitrogen and oxygen atoms in total. The van der Waals surface area contributed by atoms with Gasteiger partial charge >= 0.3 is 0 Å². The Morgan fingerprint density at radius 3 is 2.44 bits per heavy atom. The summed E-state index contributed by atoms with van der Waals surface area (Å²) in [6.07, 6.45) is 8.03. The van der Waals surface area contributed by atoms with E-state index in [4.69, 9.17) is 0 Å². The molecule has 100 valence electrons. The molecule has 0 atom stereocenters. The fourth-order valence-corrected chi connectivity index (χ4v) is 1.71. The zero-order chi connectivity index (χ0) is 14.2. The molecule has 1 N–H and O–H groups in total. The van der Waals surface area contributed by atoms with Crippen molar-refractivity contribution in [1.29, 1.82) is 0 Å². The van der Waals surface area contributed by atoms with Gasteiger partial charge in [0.1, 0.15) is 5.84 Å². The Labute approximate surface area is 109 Å². The first-order valence-electron chi connectivity index (χ1n) is 5.24. The van der Waals surface area contributed by atoms with Crippen molar-refractivity contribution in [2.24, 2.45) is 9.39 Å². The van der Waals surface area contributed by atoms with E-state index in [1.807, 2.05) is 0 Å². The van der Waals surface area contributed by atoms with Gasteiger partial charge in [-0.3, -0.25) is 4.99 Å². The van der Waals surface area contributed by atoms with E-state index in [0.29, 0.717) is 5.84 Å². The van der Waals surface area contributed by atoms with Crippen molar-refractivity contribution in [2.45, 2.75) is 13.8 Å². The molecule has 0 aromatic carbocycles. The number of hydrogen-bond acceptors (Lipinski definition) is 3. The summed E-state index contributed by atoms with van der Waals surface area (Å²) in [4.78, 5) is 3.80. The van der Waals surface area contributed by atoms with E-state index in [2.05, 4.69) is 21.3 Å². The van der Waals surface area contributed by atoms with Crippen molar-refractivity contribution in [3.63, 3.8) is 0 Å². The molecule has 6 heteroatoms. The Bertz CT molecular complexity index is 511. The third kappa shape index (κ3) is 9.53. The van der Waals surface area contributed by atoms with Crippen molar-refractivity contribution in [3.05, 3.63) is 36.1 Å². The van der Waals surface area contributed by atoms with Crippen LogP contribution in [0.1, 0.15) is 13.8 Å². The predicted molar refractivity (Wildman–Crippen MR) is 77.5 cm³/mol. The highest BCUT2D eigenvalue weighted by Crippen LogP contribution is 1.99. The van der Waals surface area contributed by atoms with Crippen LogP contribution in [0.5, 0.6) is 0 Å². The van der Waals surface area contributed by atoms with Crippen LogP contribution in [0, 0.1) is 0 Å². The van der Waals surface area contributed by atoms with Crippen LogP contribution < -0.4 is 5.32 Å². The van der Waals surface area contributed by atoms with Crippen LogP contribution in [0.25, 0.3) is 0 Å². The molecule has 0 saturated heterocycles. The van der Waals surface area contributed by atoms with Crippen LogP contribution in [-0.2, 0) is 10.0 Å². The fraction of sp³-hybridized carbons (Fsp3) is 0.333. The lowest BCUT2D eigenvalue weighted by Crippen LogP contribution is -2.19. The van der Waals surface area contributed by atoms with Gasteiger partial charge in [-0.1, -0.05) is 12.7 Å². The summed E-state index contributed by atoms with van der Waals surface area (Å²) in [5.74, 6) is 0.318. The highest BCUT2D eigenvalue weighted by atomic mass is 32.2. The molecule has 0 rings (SSSR count). The minimum absolute atomic E-state index is 0.318. The van der Waals surface area contributed by atoms with Gasteiger partial charge in [-0.2, -0.15) is 4.40 Å². The Balaban J connectivity index is 4.63. The molecule has 18 heavy (non-hydrogen) atoms. The van der Waals surface area contributed by atoms with E-state index in [1.54, 1.807) is 45.3 Å². The van der Waals surface area contributed by atoms with Crippen LogP contribution in [0.2, 0.25) is 0 Å². The van der Waals surface area contributed by atoms with E-state index in [0.717, 1.165) is 17.5 Å². The largest absolute Gasteiger partial charge is 0.347 e. The molecule has 0 amide bonds. The molecule has 0 spiro atoms. The number of aliphatic imine (C=N–C) groups is 1. The van der Waals surface area contributed by atoms with E-state index >= 15 is 0 Å². The van der Waals surface area contributed by atoms with Gasteiger partial charge in [0.25, 0.3) is 10.0 Å². The normalized spacial score (nSPS) is 14.4. The van der Waals surface area contributed by atoms with E-state index in [1.165, 1.54) is 0 Å². The summed E-state index contributed by atoms with van der Waals surface area (Å²) < 4.78 is 25.4. The van der Waals surface area contributed by atoms with Crippen LogP contribution in [-0.4, -0.2) is 33.8 Å². The Hall–Kier alpha value is -1.69. The Morgan fingerprint density at radius 2 is 1.94 bits per heavy atom. The quantitative estimate of drug-likeness (QED) is 0.469. The fourth-order valence-electron chi connectivity index (χ4n) is 1.17. The third-order valence-electron chi connectivity index (χ3n) is 1.63. The smallest absolute Gasteiger partial charge is 0.251 e. The highest BCUT2D eigenvalue weighted by molar-refractivity contribution is 7.89. The standard InChI is InChI=1S/C12H19N3O2S/c1-10(7-6-8-13-4)9-11(2)14-12(3)15-18(5,16)17/h6-9H,1H2,2-5H3,(H,14,15)/b7-6-,11-9-,13-8?. The van der Waals surface area contributed by atoms with E-state index in [-0.39, 0.29) is 0 Å². The number of allylic oxidation sites excluding steroid dienone is 5. The molecule has 0 aliphatic rings. The summed E-state index contributed by atoms with van der Waals surface area (Å²) in [6.45, 7) is 7.21. The average Bonchev–Trinajstić information content (AvgIpc) is 2.13. The number of nitrogens with one attached hydrogen (secondary N) is 1. The Morgan fingerprint density at radius 1 is 1.33 bits per heavy atom. The van der Waals surface area contributed by atoms with Crippen LogP contribution in [0.4, 0.5) is 0 Å².